The Bertz CT molecular complexity index is 1020. The van der Waals surface area contributed by atoms with Crippen LogP contribution in [-0.2, 0) is 11.2 Å². The Morgan fingerprint density at radius 1 is 1.14 bits per heavy atom. The molecule has 2 aliphatic heterocycles. The molecule has 8 heteroatoms. The number of aromatic nitrogens is 4. The molecule has 5 rings (SSSR count). The molecule has 4 heterocycles. The van der Waals surface area contributed by atoms with E-state index in [9.17, 15) is 4.79 Å². The summed E-state index contributed by atoms with van der Waals surface area (Å²) in [6, 6.07) is 12.4. The molecule has 1 N–H and O–H groups in total. The van der Waals surface area contributed by atoms with Gasteiger partial charge in [0.05, 0.1) is 5.41 Å². The second-order valence-corrected chi connectivity index (χ2v) is 8.05. The smallest absolute Gasteiger partial charge is 0.254 e. The summed E-state index contributed by atoms with van der Waals surface area (Å²) in [4.78, 5) is 26.3. The molecule has 1 aromatic carbocycles. The van der Waals surface area contributed by atoms with Crippen LogP contribution in [-0.4, -0.2) is 69.7 Å². The Hall–Kier alpha value is -3.00. The monoisotopic (exact) mass is 391 g/mol. The van der Waals surface area contributed by atoms with E-state index in [-0.39, 0.29) is 11.3 Å². The van der Waals surface area contributed by atoms with E-state index >= 15 is 0 Å². The molecule has 0 aliphatic carbocycles. The zero-order valence-corrected chi connectivity index (χ0v) is 16.6. The minimum atomic E-state index is -0.310. The molecule has 0 bridgehead atoms. The Balaban J connectivity index is 1.30. The molecule has 150 valence electrons. The van der Waals surface area contributed by atoms with E-state index < -0.39 is 0 Å². The van der Waals surface area contributed by atoms with Crippen molar-refractivity contribution in [3.8, 4) is 0 Å². The van der Waals surface area contributed by atoms with E-state index in [4.69, 9.17) is 0 Å². The van der Waals surface area contributed by atoms with Gasteiger partial charge in [0.2, 0.25) is 5.91 Å². The summed E-state index contributed by atoms with van der Waals surface area (Å²) >= 11 is 0. The predicted molar refractivity (Wildman–Crippen MR) is 110 cm³/mol. The van der Waals surface area contributed by atoms with Crippen molar-refractivity contribution in [2.75, 3.05) is 44.2 Å². The number of rotatable bonds is 4. The van der Waals surface area contributed by atoms with Crippen LogP contribution in [0.2, 0.25) is 0 Å². The normalized spacial score (nSPS) is 18.7. The second kappa shape index (κ2) is 7.11. The Morgan fingerprint density at radius 3 is 2.59 bits per heavy atom. The summed E-state index contributed by atoms with van der Waals surface area (Å²) in [7, 11) is 0. The molecule has 2 saturated heterocycles. The minimum absolute atomic E-state index is 0.275. The molecule has 0 radical (unpaired) electrons. The van der Waals surface area contributed by atoms with Gasteiger partial charge < -0.3 is 15.1 Å². The third kappa shape index (κ3) is 3.23. The van der Waals surface area contributed by atoms with E-state index in [1.54, 1.807) is 4.52 Å². The summed E-state index contributed by atoms with van der Waals surface area (Å²) in [5, 5.41) is 7.63. The molecule has 0 atom stereocenters. The summed E-state index contributed by atoms with van der Waals surface area (Å²) in [5.74, 6) is 1.87. The lowest BCUT2D eigenvalue weighted by atomic mass is 9.75. The fourth-order valence-corrected chi connectivity index (χ4v) is 4.38. The lowest BCUT2D eigenvalue weighted by Crippen LogP contribution is -2.65. The van der Waals surface area contributed by atoms with Crippen molar-refractivity contribution in [3.63, 3.8) is 0 Å². The molecule has 0 saturated carbocycles. The molecule has 8 nitrogen and oxygen atoms in total. The number of aryl methyl sites for hydroxylation is 1. The van der Waals surface area contributed by atoms with E-state index in [0.717, 1.165) is 44.1 Å². The largest absolute Gasteiger partial charge is 0.353 e. The van der Waals surface area contributed by atoms with Gasteiger partial charge >= 0.3 is 0 Å². The van der Waals surface area contributed by atoms with Gasteiger partial charge in [-0.2, -0.15) is 14.6 Å². The van der Waals surface area contributed by atoms with Crippen LogP contribution in [0.4, 0.5) is 5.82 Å². The van der Waals surface area contributed by atoms with Crippen molar-refractivity contribution < 1.29 is 4.79 Å². The highest BCUT2D eigenvalue weighted by atomic mass is 16.2. The number of carbonyl (C=O) groups is 1. The first-order valence-corrected chi connectivity index (χ1v) is 10.1. The number of hydrogen-bond acceptors (Lipinski definition) is 6. The van der Waals surface area contributed by atoms with Crippen molar-refractivity contribution in [2.24, 2.45) is 5.41 Å². The highest BCUT2D eigenvalue weighted by Crippen LogP contribution is 2.31. The van der Waals surface area contributed by atoms with Crippen LogP contribution in [0.3, 0.4) is 0 Å². The first-order valence-electron chi connectivity index (χ1n) is 10.1. The highest BCUT2D eigenvalue weighted by Gasteiger charge is 2.46. The van der Waals surface area contributed by atoms with Crippen LogP contribution >= 0.6 is 0 Å². The van der Waals surface area contributed by atoms with Crippen LogP contribution < -0.4 is 10.2 Å². The van der Waals surface area contributed by atoms with Crippen molar-refractivity contribution in [3.05, 3.63) is 54.0 Å². The standard InChI is InChI=1S/C21H25N7O/c1-16-11-18(28-20(25-16)23-15-24-28)26-7-9-27(10-8-26)19(29)21(13-22-14-21)12-17-5-3-2-4-6-17/h2-6,11,15,22H,7-10,12-14H2,1H3. The molecule has 2 aromatic heterocycles. The number of nitrogens with zero attached hydrogens (tertiary/aromatic N) is 6. The number of benzene rings is 1. The van der Waals surface area contributed by atoms with E-state index in [2.05, 4.69) is 37.4 Å². The summed E-state index contributed by atoms with van der Waals surface area (Å²) in [6.07, 6.45) is 2.32. The van der Waals surface area contributed by atoms with Gasteiger partial charge in [-0.1, -0.05) is 30.3 Å². The first-order chi connectivity index (χ1) is 14.1. The van der Waals surface area contributed by atoms with Crippen molar-refractivity contribution in [2.45, 2.75) is 13.3 Å². The summed E-state index contributed by atoms with van der Waals surface area (Å²) in [5.41, 5.74) is 1.83. The summed E-state index contributed by atoms with van der Waals surface area (Å²) in [6.45, 7) is 6.46. The fourth-order valence-electron chi connectivity index (χ4n) is 4.38. The van der Waals surface area contributed by atoms with Gasteiger partial charge in [-0.05, 0) is 18.9 Å². The minimum Gasteiger partial charge on any atom is -0.353 e. The molecule has 2 aliphatic rings. The number of carbonyl (C=O) groups excluding carboxylic acids is 1. The van der Waals surface area contributed by atoms with Crippen LogP contribution in [0.1, 0.15) is 11.3 Å². The number of fused-ring (bicyclic) bond motifs is 1. The third-order valence-electron chi connectivity index (χ3n) is 6.02. The third-order valence-corrected chi connectivity index (χ3v) is 6.02. The van der Waals surface area contributed by atoms with Crippen molar-refractivity contribution in [1.82, 2.24) is 29.8 Å². The maximum atomic E-state index is 13.4. The van der Waals surface area contributed by atoms with Crippen molar-refractivity contribution >= 4 is 17.5 Å². The van der Waals surface area contributed by atoms with Gasteiger partial charge in [0, 0.05) is 51.0 Å². The number of nitrogens with one attached hydrogen (secondary N) is 1. The topological polar surface area (TPSA) is 78.7 Å². The maximum Gasteiger partial charge on any atom is 0.254 e. The lowest BCUT2D eigenvalue weighted by Gasteiger charge is -2.46. The maximum absolute atomic E-state index is 13.4. The molecule has 2 fully saturated rings. The molecular weight excluding hydrogens is 366 g/mol. The lowest BCUT2D eigenvalue weighted by molar-refractivity contribution is -0.145. The molecular formula is C21H25N7O. The van der Waals surface area contributed by atoms with Gasteiger partial charge in [0.15, 0.2) is 0 Å². The van der Waals surface area contributed by atoms with Gasteiger partial charge in [-0.3, -0.25) is 4.79 Å². The van der Waals surface area contributed by atoms with Gasteiger partial charge in [-0.15, -0.1) is 0 Å². The fraction of sp³-hybridized carbons (Fsp3) is 0.429. The first kappa shape index (κ1) is 18.1. The van der Waals surface area contributed by atoms with Crippen LogP contribution in [0.5, 0.6) is 0 Å². The van der Waals surface area contributed by atoms with E-state index in [1.807, 2.05) is 36.1 Å². The Morgan fingerprint density at radius 2 is 1.90 bits per heavy atom. The highest BCUT2D eigenvalue weighted by molar-refractivity contribution is 5.85. The number of amides is 1. The summed E-state index contributed by atoms with van der Waals surface area (Å²) < 4.78 is 1.78. The molecule has 0 unspecified atom stereocenters. The Kier molecular flexibility index (Phi) is 4.43. The molecule has 1 amide bonds. The van der Waals surface area contributed by atoms with Gasteiger partial charge in [0.1, 0.15) is 12.1 Å². The van der Waals surface area contributed by atoms with Crippen molar-refractivity contribution in [1.29, 1.82) is 0 Å². The van der Waals surface area contributed by atoms with Gasteiger partial charge in [-0.25, -0.2) is 4.98 Å². The molecule has 0 spiro atoms. The SMILES string of the molecule is Cc1cc(N2CCN(C(=O)C3(Cc4ccccc4)CNC3)CC2)n2ncnc2n1. The second-order valence-electron chi connectivity index (χ2n) is 8.05. The van der Waals surface area contributed by atoms with E-state index in [0.29, 0.717) is 18.9 Å². The quantitative estimate of drug-likeness (QED) is 0.712. The zero-order valence-electron chi connectivity index (χ0n) is 16.6. The number of piperazine rings is 1. The number of anilines is 1. The van der Waals surface area contributed by atoms with Crippen LogP contribution in [0.25, 0.3) is 5.78 Å². The van der Waals surface area contributed by atoms with Gasteiger partial charge in [0.25, 0.3) is 5.78 Å². The van der Waals surface area contributed by atoms with Crippen LogP contribution in [0.15, 0.2) is 42.7 Å². The predicted octanol–water partition coefficient (Wildman–Crippen LogP) is 0.914. The Labute approximate surface area is 169 Å². The average Bonchev–Trinajstić information content (AvgIpc) is 3.19. The average molecular weight is 391 g/mol. The zero-order chi connectivity index (χ0) is 19.8. The molecule has 3 aromatic rings. The number of hydrogen-bond donors (Lipinski definition) is 1. The van der Waals surface area contributed by atoms with Crippen LogP contribution in [0, 0.1) is 12.3 Å². The molecule has 29 heavy (non-hydrogen) atoms. The van der Waals surface area contributed by atoms with E-state index in [1.165, 1.54) is 11.9 Å².